The molecule has 1 nitrogen and oxygen atoms in total. The van der Waals surface area contributed by atoms with Gasteiger partial charge in [-0.2, -0.15) is 0 Å². The Morgan fingerprint density at radius 3 is 2.32 bits per heavy atom. The average molecular weight is 379 g/mol. The third-order valence-corrected chi connectivity index (χ3v) is 6.21. The number of rotatable bonds is 11. The maximum absolute atomic E-state index is 5.89. The van der Waals surface area contributed by atoms with Gasteiger partial charge in [-0.1, -0.05) is 89.1 Å². The summed E-state index contributed by atoms with van der Waals surface area (Å²) >= 11 is 0. The number of ether oxygens (including phenoxy) is 1. The van der Waals surface area contributed by atoms with Gasteiger partial charge in [-0.25, -0.2) is 0 Å². The molecule has 0 spiro atoms. The average Bonchev–Trinajstić information content (AvgIpc) is 2.74. The summed E-state index contributed by atoms with van der Waals surface area (Å²) in [6.07, 6.45) is 14.4. The summed E-state index contributed by atoms with van der Waals surface area (Å²) < 4.78 is 5.89. The Kier molecular flexibility index (Phi) is 8.45. The van der Waals surface area contributed by atoms with Gasteiger partial charge in [-0.15, -0.1) is 0 Å². The molecule has 3 rings (SSSR count). The molecule has 1 aliphatic carbocycles. The topological polar surface area (TPSA) is 9.23 Å². The zero-order valence-electron chi connectivity index (χ0n) is 18.0. The molecule has 0 saturated carbocycles. The Labute approximate surface area is 172 Å². The van der Waals surface area contributed by atoms with E-state index in [1.54, 1.807) is 11.1 Å². The van der Waals surface area contributed by atoms with Gasteiger partial charge in [-0.05, 0) is 66.0 Å². The lowest BCUT2D eigenvalue weighted by Crippen LogP contribution is -2.14. The normalized spacial score (nSPS) is 16.0. The monoisotopic (exact) mass is 378 g/mol. The van der Waals surface area contributed by atoms with Crippen LogP contribution in [0, 0.1) is 5.92 Å². The van der Waals surface area contributed by atoms with Crippen molar-refractivity contribution in [3.05, 3.63) is 53.6 Å². The second kappa shape index (κ2) is 11.3. The van der Waals surface area contributed by atoms with Crippen LogP contribution in [0.1, 0.15) is 82.8 Å². The standard InChI is InChI=1S/C27H38O/c1-3-5-7-9-19-28-27-17-15-23(16-18-27)25-14-13-24-20-22(10-8-6-4-2)11-12-26(24)21-25/h13-18,21-22H,3-12,19-20H2,1-2H3. The lowest BCUT2D eigenvalue weighted by Gasteiger charge is -2.25. The van der Waals surface area contributed by atoms with E-state index >= 15 is 0 Å². The summed E-state index contributed by atoms with van der Waals surface area (Å²) in [6.45, 7) is 5.37. The van der Waals surface area contributed by atoms with Crippen molar-refractivity contribution in [1.82, 2.24) is 0 Å². The van der Waals surface area contributed by atoms with E-state index in [4.69, 9.17) is 4.74 Å². The van der Waals surface area contributed by atoms with Crippen LogP contribution >= 0.6 is 0 Å². The van der Waals surface area contributed by atoms with Gasteiger partial charge in [0, 0.05) is 0 Å². The van der Waals surface area contributed by atoms with Gasteiger partial charge in [0.1, 0.15) is 5.75 Å². The molecule has 0 saturated heterocycles. The molecular formula is C27H38O. The second-order valence-electron chi connectivity index (χ2n) is 8.52. The third kappa shape index (κ3) is 6.12. The molecule has 0 amide bonds. The number of benzene rings is 2. The lowest BCUT2D eigenvalue weighted by molar-refractivity contribution is 0.305. The van der Waals surface area contributed by atoms with Crippen molar-refractivity contribution in [2.75, 3.05) is 6.61 Å². The van der Waals surface area contributed by atoms with Crippen molar-refractivity contribution in [3.63, 3.8) is 0 Å². The van der Waals surface area contributed by atoms with Crippen LogP contribution in [-0.2, 0) is 12.8 Å². The number of fused-ring (bicyclic) bond motifs is 1. The molecular weight excluding hydrogens is 340 g/mol. The maximum atomic E-state index is 5.89. The highest BCUT2D eigenvalue weighted by Crippen LogP contribution is 2.32. The molecule has 1 aliphatic rings. The van der Waals surface area contributed by atoms with Crippen molar-refractivity contribution < 1.29 is 4.74 Å². The van der Waals surface area contributed by atoms with E-state index in [2.05, 4.69) is 56.3 Å². The van der Waals surface area contributed by atoms with Crippen LogP contribution in [0.4, 0.5) is 0 Å². The molecule has 28 heavy (non-hydrogen) atoms. The molecule has 152 valence electrons. The Bertz CT molecular complexity index is 701. The fourth-order valence-electron chi connectivity index (χ4n) is 4.40. The first-order valence-electron chi connectivity index (χ1n) is 11.6. The number of hydrogen-bond acceptors (Lipinski definition) is 1. The van der Waals surface area contributed by atoms with E-state index in [1.807, 2.05) is 0 Å². The van der Waals surface area contributed by atoms with Crippen molar-refractivity contribution >= 4 is 0 Å². The van der Waals surface area contributed by atoms with E-state index in [1.165, 1.54) is 75.3 Å². The van der Waals surface area contributed by atoms with Crippen LogP contribution in [-0.4, -0.2) is 6.61 Å². The Morgan fingerprint density at radius 2 is 1.54 bits per heavy atom. The van der Waals surface area contributed by atoms with Crippen molar-refractivity contribution in [2.24, 2.45) is 5.92 Å². The van der Waals surface area contributed by atoms with E-state index in [0.717, 1.165) is 24.7 Å². The molecule has 1 heteroatoms. The van der Waals surface area contributed by atoms with Gasteiger partial charge in [-0.3, -0.25) is 0 Å². The summed E-state index contributed by atoms with van der Waals surface area (Å²) in [5.41, 5.74) is 5.80. The summed E-state index contributed by atoms with van der Waals surface area (Å²) in [5.74, 6) is 1.90. The first-order chi connectivity index (χ1) is 13.8. The number of unbranched alkanes of at least 4 members (excludes halogenated alkanes) is 5. The van der Waals surface area contributed by atoms with Gasteiger partial charge in [0.15, 0.2) is 0 Å². The van der Waals surface area contributed by atoms with Crippen LogP contribution in [0.2, 0.25) is 0 Å². The van der Waals surface area contributed by atoms with Crippen LogP contribution in [0.3, 0.4) is 0 Å². The molecule has 0 heterocycles. The molecule has 0 bridgehead atoms. The molecule has 0 N–H and O–H groups in total. The van der Waals surface area contributed by atoms with E-state index in [-0.39, 0.29) is 0 Å². The molecule has 0 aliphatic heterocycles. The third-order valence-electron chi connectivity index (χ3n) is 6.21. The molecule has 1 atom stereocenters. The Balaban J connectivity index is 1.55. The van der Waals surface area contributed by atoms with Crippen LogP contribution < -0.4 is 4.74 Å². The molecule has 1 unspecified atom stereocenters. The lowest BCUT2D eigenvalue weighted by atomic mass is 9.80. The van der Waals surface area contributed by atoms with E-state index in [0.29, 0.717) is 0 Å². The highest BCUT2D eigenvalue weighted by molar-refractivity contribution is 5.66. The SMILES string of the molecule is CCCCCCOc1ccc(-c2ccc3c(c2)CCC(CCCCC)C3)cc1. The van der Waals surface area contributed by atoms with Gasteiger partial charge < -0.3 is 4.74 Å². The zero-order chi connectivity index (χ0) is 19.6. The van der Waals surface area contributed by atoms with Crippen molar-refractivity contribution in [3.8, 4) is 16.9 Å². The van der Waals surface area contributed by atoms with Crippen LogP contribution in [0.15, 0.2) is 42.5 Å². The van der Waals surface area contributed by atoms with Crippen LogP contribution in [0.5, 0.6) is 5.75 Å². The second-order valence-corrected chi connectivity index (χ2v) is 8.52. The number of aryl methyl sites for hydroxylation is 1. The minimum absolute atomic E-state index is 0.831. The maximum Gasteiger partial charge on any atom is 0.119 e. The molecule has 2 aromatic carbocycles. The minimum Gasteiger partial charge on any atom is -0.494 e. The molecule has 2 aromatic rings. The predicted octanol–water partition coefficient (Wildman–Crippen LogP) is 8.00. The fraction of sp³-hybridized carbons (Fsp3) is 0.556. The van der Waals surface area contributed by atoms with Crippen LogP contribution in [0.25, 0.3) is 11.1 Å². The minimum atomic E-state index is 0.831. The summed E-state index contributed by atoms with van der Waals surface area (Å²) in [4.78, 5) is 0. The Morgan fingerprint density at radius 1 is 0.786 bits per heavy atom. The highest BCUT2D eigenvalue weighted by atomic mass is 16.5. The van der Waals surface area contributed by atoms with Gasteiger partial charge >= 0.3 is 0 Å². The summed E-state index contributed by atoms with van der Waals surface area (Å²) in [6, 6.07) is 15.8. The summed E-state index contributed by atoms with van der Waals surface area (Å²) in [5, 5.41) is 0. The number of hydrogen-bond donors (Lipinski definition) is 0. The smallest absolute Gasteiger partial charge is 0.119 e. The van der Waals surface area contributed by atoms with Crippen molar-refractivity contribution in [1.29, 1.82) is 0 Å². The van der Waals surface area contributed by atoms with Gasteiger partial charge in [0.25, 0.3) is 0 Å². The van der Waals surface area contributed by atoms with Gasteiger partial charge in [0.2, 0.25) is 0 Å². The summed E-state index contributed by atoms with van der Waals surface area (Å²) in [7, 11) is 0. The predicted molar refractivity (Wildman–Crippen MR) is 121 cm³/mol. The Hall–Kier alpha value is -1.76. The van der Waals surface area contributed by atoms with Gasteiger partial charge in [0.05, 0.1) is 6.61 Å². The van der Waals surface area contributed by atoms with Crippen molar-refractivity contribution in [2.45, 2.75) is 84.5 Å². The van der Waals surface area contributed by atoms with E-state index in [9.17, 15) is 0 Å². The molecule has 0 aromatic heterocycles. The highest BCUT2D eigenvalue weighted by Gasteiger charge is 2.18. The molecule has 0 radical (unpaired) electrons. The molecule has 0 fully saturated rings. The largest absolute Gasteiger partial charge is 0.494 e. The quantitative estimate of drug-likeness (QED) is 0.360. The van der Waals surface area contributed by atoms with E-state index < -0.39 is 0 Å². The first kappa shape index (κ1) is 21.0. The zero-order valence-corrected chi connectivity index (χ0v) is 18.0. The fourth-order valence-corrected chi connectivity index (χ4v) is 4.40. The first-order valence-corrected chi connectivity index (χ1v) is 11.6.